The van der Waals surface area contributed by atoms with E-state index in [2.05, 4.69) is 43.7 Å². The van der Waals surface area contributed by atoms with Gasteiger partial charge in [0.1, 0.15) is 0 Å². The lowest BCUT2D eigenvalue weighted by molar-refractivity contribution is 0.0940. The molecule has 1 heterocycles. The molecule has 0 aliphatic carbocycles. The van der Waals surface area contributed by atoms with Crippen LogP contribution in [-0.4, -0.2) is 25.0 Å². The summed E-state index contributed by atoms with van der Waals surface area (Å²) in [6, 6.07) is 22.3. The first kappa shape index (κ1) is 24.8. The Balaban J connectivity index is 1.55. The normalized spacial score (nSPS) is 14.8. The molecule has 182 valence electrons. The maximum Gasteiger partial charge on any atom is 0.323 e. The van der Waals surface area contributed by atoms with Crippen molar-refractivity contribution >= 4 is 44.9 Å². The summed E-state index contributed by atoms with van der Waals surface area (Å²) >= 11 is 3.41. The Morgan fingerprint density at radius 2 is 1.60 bits per heavy atom. The zero-order valence-electron chi connectivity index (χ0n) is 20.1. The number of nitrogens with zero attached hydrogens (tertiary/aromatic N) is 1. The number of benzene rings is 3. The third kappa shape index (κ3) is 6.63. The van der Waals surface area contributed by atoms with Crippen LogP contribution in [0.3, 0.4) is 0 Å². The second-order valence-corrected chi connectivity index (χ2v) is 10.0. The van der Waals surface area contributed by atoms with E-state index >= 15 is 0 Å². The molecular weight excluding hydrogens is 504 g/mol. The Bertz CT molecular complexity index is 1180. The fraction of sp³-hybridized carbons (Fsp3) is 0.286. The summed E-state index contributed by atoms with van der Waals surface area (Å²) in [5, 5.41) is 8.82. The molecule has 0 radical (unpaired) electrons. The van der Waals surface area contributed by atoms with Gasteiger partial charge in [0.15, 0.2) is 0 Å². The molecule has 1 aliphatic rings. The molecule has 0 spiro atoms. The summed E-state index contributed by atoms with van der Waals surface area (Å²) in [6.45, 7) is 6.06. The molecule has 1 unspecified atom stereocenters. The van der Waals surface area contributed by atoms with Crippen LogP contribution in [0.15, 0.2) is 77.3 Å². The van der Waals surface area contributed by atoms with Crippen LogP contribution in [0.4, 0.5) is 21.9 Å². The number of urea groups is 1. The summed E-state index contributed by atoms with van der Waals surface area (Å²) in [4.78, 5) is 28.3. The smallest absolute Gasteiger partial charge is 0.323 e. The molecule has 0 saturated carbocycles. The molecule has 6 nitrogen and oxygen atoms in total. The molecule has 3 N–H and O–H groups in total. The molecule has 0 bridgehead atoms. The number of hydrogen-bond acceptors (Lipinski definition) is 3. The van der Waals surface area contributed by atoms with Crippen molar-refractivity contribution < 1.29 is 9.59 Å². The van der Waals surface area contributed by atoms with Gasteiger partial charge >= 0.3 is 6.03 Å². The zero-order chi connectivity index (χ0) is 24.8. The molecule has 3 aromatic carbocycles. The highest BCUT2D eigenvalue weighted by Crippen LogP contribution is 2.29. The molecule has 1 fully saturated rings. The minimum Gasteiger partial charge on any atom is -0.371 e. The molecule has 1 atom stereocenters. The van der Waals surface area contributed by atoms with Gasteiger partial charge in [-0.15, -0.1) is 0 Å². The van der Waals surface area contributed by atoms with E-state index < -0.39 is 0 Å². The molecule has 3 aromatic rings. The number of hydrogen-bond donors (Lipinski definition) is 3. The highest BCUT2D eigenvalue weighted by atomic mass is 79.9. The van der Waals surface area contributed by atoms with E-state index in [4.69, 9.17) is 0 Å². The molecule has 0 aromatic heterocycles. The van der Waals surface area contributed by atoms with E-state index in [9.17, 15) is 9.59 Å². The molecule has 7 heteroatoms. The van der Waals surface area contributed by atoms with E-state index in [1.54, 1.807) is 6.07 Å². The van der Waals surface area contributed by atoms with Gasteiger partial charge in [-0.1, -0.05) is 59.3 Å². The second kappa shape index (κ2) is 11.4. The van der Waals surface area contributed by atoms with Crippen LogP contribution in [0, 0.1) is 5.92 Å². The number of halogens is 1. The molecule has 1 aliphatic heterocycles. The van der Waals surface area contributed by atoms with Crippen molar-refractivity contribution in [2.24, 2.45) is 5.92 Å². The minimum absolute atomic E-state index is 0.144. The predicted molar refractivity (Wildman–Crippen MR) is 146 cm³/mol. The lowest BCUT2D eigenvalue weighted by Crippen LogP contribution is -2.35. The maximum atomic E-state index is 13.5. The van der Waals surface area contributed by atoms with Crippen molar-refractivity contribution in [3.05, 3.63) is 88.4 Å². The Morgan fingerprint density at radius 1 is 0.914 bits per heavy atom. The number of amides is 3. The van der Waals surface area contributed by atoms with Gasteiger partial charge in [-0.3, -0.25) is 4.79 Å². The third-order valence-corrected chi connectivity index (χ3v) is 6.85. The first-order valence-corrected chi connectivity index (χ1v) is 12.8. The van der Waals surface area contributed by atoms with Crippen LogP contribution in [0.5, 0.6) is 0 Å². The van der Waals surface area contributed by atoms with Gasteiger partial charge in [-0.25, -0.2) is 4.79 Å². The van der Waals surface area contributed by atoms with Crippen molar-refractivity contribution in [3.63, 3.8) is 0 Å². The predicted octanol–water partition coefficient (Wildman–Crippen LogP) is 6.82. The first-order chi connectivity index (χ1) is 16.9. The largest absolute Gasteiger partial charge is 0.371 e. The van der Waals surface area contributed by atoms with Gasteiger partial charge in [0.2, 0.25) is 0 Å². The first-order valence-electron chi connectivity index (χ1n) is 12.0. The van der Waals surface area contributed by atoms with Gasteiger partial charge in [-0.2, -0.15) is 0 Å². The number of piperidine rings is 1. The van der Waals surface area contributed by atoms with Crippen molar-refractivity contribution in [1.29, 1.82) is 0 Å². The third-order valence-electron chi connectivity index (χ3n) is 6.35. The fourth-order valence-corrected chi connectivity index (χ4v) is 4.68. The zero-order valence-corrected chi connectivity index (χ0v) is 21.6. The van der Waals surface area contributed by atoms with Gasteiger partial charge < -0.3 is 20.9 Å². The van der Waals surface area contributed by atoms with Crippen LogP contribution < -0.4 is 20.9 Å². The fourth-order valence-electron chi connectivity index (χ4n) is 4.28. The number of carbonyl (C=O) groups excluding carboxylic acids is 2. The van der Waals surface area contributed by atoms with Crippen LogP contribution in [0.2, 0.25) is 0 Å². The average molecular weight is 535 g/mol. The molecule has 1 saturated heterocycles. The average Bonchev–Trinajstić information content (AvgIpc) is 2.85. The van der Waals surface area contributed by atoms with Crippen LogP contribution >= 0.6 is 15.9 Å². The highest BCUT2D eigenvalue weighted by molar-refractivity contribution is 9.10. The van der Waals surface area contributed by atoms with Gasteiger partial charge in [0.25, 0.3) is 5.91 Å². The molecular formula is C28H31BrN4O2. The highest BCUT2D eigenvalue weighted by Gasteiger charge is 2.23. The number of nitrogens with one attached hydrogen (secondary N) is 3. The quantitative estimate of drug-likeness (QED) is 0.324. The van der Waals surface area contributed by atoms with E-state index in [-0.39, 0.29) is 18.0 Å². The monoisotopic (exact) mass is 534 g/mol. The molecule has 4 rings (SSSR count). The second-order valence-electron chi connectivity index (χ2n) is 9.10. The Kier molecular flexibility index (Phi) is 8.08. The van der Waals surface area contributed by atoms with Crippen LogP contribution in [-0.2, 0) is 0 Å². The van der Waals surface area contributed by atoms with Gasteiger partial charge in [0, 0.05) is 34.6 Å². The maximum absolute atomic E-state index is 13.5. The summed E-state index contributed by atoms with van der Waals surface area (Å²) in [7, 11) is 0. The van der Waals surface area contributed by atoms with Crippen molar-refractivity contribution in [3.8, 4) is 0 Å². The standard InChI is InChI=1S/C28H31BrN4O2/c1-19-13-15-33(16-14-19)26-12-11-24(32-28(35)31-23-10-6-9-22(29)17-23)18-25(26)27(34)30-20(2)21-7-4-3-5-8-21/h3-12,17-20H,13-16H2,1-2H3,(H,30,34)(H2,31,32,35). The van der Waals surface area contributed by atoms with E-state index in [1.807, 2.05) is 73.7 Å². The topological polar surface area (TPSA) is 73.5 Å². The molecule has 3 amide bonds. The van der Waals surface area contributed by atoms with Crippen LogP contribution in [0.25, 0.3) is 0 Å². The summed E-state index contributed by atoms with van der Waals surface area (Å²) in [6.07, 6.45) is 2.19. The van der Waals surface area contributed by atoms with Gasteiger partial charge in [-0.05, 0) is 67.6 Å². The number of rotatable bonds is 6. The van der Waals surface area contributed by atoms with Crippen molar-refractivity contribution in [1.82, 2.24) is 5.32 Å². The van der Waals surface area contributed by atoms with Gasteiger partial charge in [0.05, 0.1) is 11.6 Å². The van der Waals surface area contributed by atoms with Crippen molar-refractivity contribution in [2.75, 3.05) is 28.6 Å². The summed E-state index contributed by atoms with van der Waals surface area (Å²) < 4.78 is 0.877. The number of carbonyl (C=O) groups is 2. The summed E-state index contributed by atoms with van der Waals surface area (Å²) in [5.74, 6) is 0.523. The summed E-state index contributed by atoms with van der Waals surface area (Å²) in [5.41, 5.74) is 3.72. The van der Waals surface area contributed by atoms with Crippen molar-refractivity contribution in [2.45, 2.75) is 32.7 Å². The minimum atomic E-state index is -0.369. The lowest BCUT2D eigenvalue weighted by Gasteiger charge is -2.33. The SMILES string of the molecule is CC1CCN(c2ccc(NC(=O)Nc3cccc(Br)c3)cc2C(=O)NC(C)c2ccccc2)CC1. The molecule has 35 heavy (non-hydrogen) atoms. The van der Waals surface area contributed by atoms with E-state index in [0.29, 0.717) is 22.9 Å². The van der Waals surface area contributed by atoms with E-state index in [1.165, 1.54) is 0 Å². The van der Waals surface area contributed by atoms with Crippen LogP contribution in [0.1, 0.15) is 48.7 Å². The number of anilines is 3. The Morgan fingerprint density at radius 3 is 2.29 bits per heavy atom. The Labute approximate surface area is 215 Å². The Hall–Kier alpha value is -3.32. The lowest BCUT2D eigenvalue weighted by atomic mass is 9.97. The van der Waals surface area contributed by atoms with E-state index in [0.717, 1.165) is 41.7 Å².